The molecule has 2 N–H and O–H groups in total. The topological polar surface area (TPSA) is 84.3 Å². The van der Waals surface area contributed by atoms with Crippen LogP contribution in [0.2, 0.25) is 0 Å². The molecule has 0 bridgehead atoms. The van der Waals surface area contributed by atoms with E-state index < -0.39 is 17.6 Å². The Morgan fingerprint density at radius 1 is 1.13 bits per heavy atom. The molecule has 1 aliphatic rings. The van der Waals surface area contributed by atoms with E-state index in [0.29, 0.717) is 43.0 Å². The van der Waals surface area contributed by atoms with Gasteiger partial charge in [-0.1, -0.05) is 6.58 Å². The molecule has 0 unspecified atom stereocenters. The van der Waals surface area contributed by atoms with E-state index in [1.165, 1.54) is 12.4 Å². The van der Waals surface area contributed by atoms with Gasteiger partial charge in [-0.25, -0.2) is 14.4 Å². The van der Waals surface area contributed by atoms with Gasteiger partial charge in [-0.05, 0) is 42.5 Å². The Kier molecular flexibility index (Phi) is 6.72. The highest BCUT2D eigenvalue weighted by atomic mass is 19.4. The van der Waals surface area contributed by atoms with E-state index in [9.17, 15) is 22.4 Å². The predicted molar refractivity (Wildman–Crippen MR) is 133 cm³/mol. The molecule has 196 valence electrons. The summed E-state index contributed by atoms with van der Waals surface area (Å²) in [5.74, 6) is -0.228. The molecule has 38 heavy (non-hydrogen) atoms. The van der Waals surface area contributed by atoms with Crippen LogP contribution in [-0.4, -0.2) is 45.0 Å². The molecule has 1 fully saturated rings. The molecule has 1 amide bonds. The SMILES string of the molecule is C=C(Nc1ccc(F)c(C(F)(F)F)c1)n1ccc2cc(Oc3cc(CN4CCNC(=O)C4)ncn3)ccc21. The number of rotatable bonds is 7. The number of fused-ring (bicyclic) bond motifs is 1. The number of halogens is 4. The maximum Gasteiger partial charge on any atom is 0.419 e. The van der Waals surface area contributed by atoms with E-state index in [0.717, 1.165) is 23.5 Å². The highest BCUT2D eigenvalue weighted by Crippen LogP contribution is 2.34. The lowest BCUT2D eigenvalue weighted by Crippen LogP contribution is -2.47. The quantitative estimate of drug-likeness (QED) is 0.335. The molecule has 0 aliphatic carbocycles. The number of alkyl halides is 3. The number of anilines is 1. The number of amides is 1. The van der Waals surface area contributed by atoms with Gasteiger partial charge in [0.2, 0.25) is 11.8 Å². The highest BCUT2D eigenvalue weighted by Gasteiger charge is 2.34. The summed E-state index contributed by atoms with van der Waals surface area (Å²) in [4.78, 5) is 22.0. The molecule has 2 aromatic heterocycles. The van der Waals surface area contributed by atoms with Gasteiger partial charge in [0.05, 0.1) is 23.3 Å². The number of hydrogen-bond acceptors (Lipinski definition) is 6. The van der Waals surface area contributed by atoms with Crippen LogP contribution in [0.5, 0.6) is 11.6 Å². The third-order valence-corrected chi connectivity index (χ3v) is 5.94. The number of carbonyl (C=O) groups is 1. The fourth-order valence-electron chi connectivity index (χ4n) is 4.16. The number of carbonyl (C=O) groups excluding carboxylic acids is 1. The van der Waals surface area contributed by atoms with E-state index >= 15 is 0 Å². The Hall–Kier alpha value is -4.45. The summed E-state index contributed by atoms with van der Waals surface area (Å²) in [6.45, 7) is 6.02. The Labute approximate surface area is 214 Å². The second-order valence-electron chi connectivity index (χ2n) is 8.68. The molecule has 1 aliphatic heterocycles. The lowest BCUT2D eigenvalue weighted by Gasteiger charge is -2.25. The fourth-order valence-corrected chi connectivity index (χ4v) is 4.16. The van der Waals surface area contributed by atoms with E-state index in [2.05, 4.69) is 27.2 Å². The van der Waals surface area contributed by atoms with Crippen LogP contribution in [0, 0.1) is 5.82 Å². The highest BCUT2D eigenvalue weighted by molar-refractivity contribution is 5.86. The maximum absolute atomic E-state index is 13.6. The third kappa shape index (κ3) is 5.59. The number of ether oxygens (including phenoxy) is 1. The molecule has 2 aromatic carbocycles. The van der Waals surface area contributed by atoms with Crippen molar-refractivity contribution in [1.82, 2.24) is 24.8 Å². The van der Waals surface area contributed by atoms with Crippen LogP contribution < -0.4 is 15.4 Å². The van der Waals surface area contributed by atoms with Gasteiger partial charge in [0.15, 0.2) is 0 Å². The Morgan fingerprint density at radius 2 is 1.97 bits per heavy atom. The summed E-state index contributed by atoms with van der Waals surface area (Å²) in [6, 6.07) is 11.5. The van der Waals surface area contributed by atoms with Crippen LogP contribution in [0.1, 0.15) is 11.3 Å². The minimum Gasteiger partial charge on any atom is -0.439 e. The van der Waals surface area contributed by atoms with Gasteiger partial charge >= 0.3 is 6.18 Å². The van der Waals surface area contributed by atoms with Crippen molar-refractivity contribution in [3.8, 4) is 11.6 Å². The van der Waals surface area contributed by atoms with Crippen molar-refractivity contribution in [2.45, 2.75) is 12.7 Å². The van der Waals surface area contributed by atoms with Gasteiger partial charge in [0.25, 0.3) is 0 Å². The summed E-state index contributed by atoms with van der Waals surface area (Å²) in [5.41, 5.74) is 0.132. The average Bonchev–Trinajstić information content (AvgIpc) is 3.28. The van der Waals surface area contributed by atoms with Crippen molar-refractivity contribution in [3.05, 3.63) is 84.7 Å². The van der Waals surface area contributed by atoms with Crippen molar-refractivity contribution in [3.63, 3.8) is 0 Å². The minimum atomic E-state index is -4.81. The summed E-state index contributed by atoms with van der Waals surface area (Å²) >= 11 is 0. The number of hydrogen-bond donors (Lipinski definition) is 2. The monoisotopic (exact) mass is 526 g/mol. The summed E-state index contributed by atoms with van der Waals surface area (Å²) in [6.07, 6.45) is -1.71. The lowest BCUT2D eigenvalue weighted by atomic mass is 10.2. The van der Waals surface area contributed by atoms with Crippen LogP contribution in [0.15, 0.2) is 67.6 Å². The fraction of sp³-hybridized carbons (Fsp3) is 0.192. The van der Waals surface area contributed by atoms with Gasteiger partial charge in [-0.15, -0.1) is 0 Å². The molecule has 8 nitrogen and oxygen atoms in total. The zero-order valence-electron chi connectivity index (χ0n) is 19.9. The largest absolute Gasteiger partial charge is 0.439 e. The molecule has 0 radical (unpaired) electrons. The van der Waals surface area contributed by atoms with Crippen LogP contribution >= 0.6 is 0 Å². The average molecular weight is 526 g/mol. The van der Waals surface area contributed by atoms with E-state index in [1.807, 2.05) is 4.90 Å². The predicted octanol–water partition coefficient (Wildman–Crippen LogP) is 4.85. The van der Waals surface area contributed by atoms with Crippen molar-refractivity contribution >= 4 is 28.3 Å². The van der Waals surface area contributed by atoms with Crippen molar-refractivity contribution < 1.29 is 27.1 Å². The molecule has 4 aromatic rings. The number of nitrogens with zero attached hydrogens (tertiary/aromatic N) is 4. The molecule has 0 spiro atoms. The molecular formula is C26H22F4N6O2. The zero-order chi connectivity index (χ0) is 26.9. The van der Waals surface area contributed by atoms with Crippen LogP contribution in [0.3, 0.4) is 0 Å². The van der Waals surface area contributed by atoms with Gasteiger partial charge in [0, 0.05) is 43.0 Å². The van der Waals surface area contributed by atoms with E-state index in [4.69, 9.17) is 4.74 Å². The van der Waals surface area contributed by atoms with Gasteiger partial charge < -0.3 is 19.9 Å². The molecule has 3 heterocycles. The van der Waals surface area contributed by atoms with Gasteiger partial charge in [-0.3, -0.25) is 9.69 Å². The molecule has 0 atom stereocenters. The summed E-state index contributed by atoms with van der Waals surface area (Å²) in [5, 5.41) is 6.37. The van der Waals surface area contributed by atoms with E-state index in [1.54, 1.807) is 41.1 Å². The van der Waals surface area contributed by atoms with Crippen LogP contribution in [0.25, 0.3) is 16.7 Å². The normalized spacial score (nSPS) is 14.4. The van der Waals surface area contributed by atoms with Gasteiger partial charge in [-0.2, -0.15) is 13.2 Å². The first kappa shape index (κ1) is 25.2. The molecule has 1 saturated heterocycles. The summed E-state index contributed by atoms with van der Waals surface area (Å²) in [7, 11) is 0. The maximum atomic E-state index is 13.6. The van der Waals surface area contributed by atoms with Crippen molar-refractivity contribution in [1.29, 1.82) is 0 Å². The van der Waals surface area contributed by atoms with Crippen molar-refractivity contribution in [2.24, 2.45) is 0 Å². The lowest BCUT2D eigenvalue weighted by molar-refractivity contribution is -0.140. The Balaban J connectivity index is 1.29. The molecular weight excluding hydrogens is 504 g/mol. The smallest absolute Gasteiger partial charge is 0.419 e. The number of nitrogens with one attached hydrogen (secondary N) is 2. The first-order chi connectivity index (χ1) is 18.2. The minimum absolute atomic E-state index is 0.0244. The third-order valence-electron chi connectivity index (χ3n) is 5.94. The number of piperazine rings is 1. The zero-order valence-corrected chi connectivity index (χ0v) is 19.9. The second kappa shape index (κ2) is 10.1. The molecule has 0 saturated carbocycles. The number of aromatic nitrogens is 3. The first-order valence-electron chi connectivity index (χ1n) is 11.6. The van der Waals surface area contributed by atoms with Gasteiger partial charge in [0.1, 0.15) is 23.7 Å². The number of benzene rings is 2. The Bertz CT molecular complexity index is 1520. The standard InChI is InChI=1S/C26H22F4N6O2/c1-16(34-18-2-4-22(27)21(11-18)26(28,29)30)36-8-6-17-10-20(3-5-23(17)36)38-25-12-19(32-15-33-25)13-35-9-7-31-24(37)14-35/h2-6,8,10-12,15,34H,1,7,9,13-14H2,(H,31,37). The van der Waals surface area contributed by atoms with Crippen LogP contribution in [0.4, 0.5) is 23.2 Å². The van der Waals surface area contributed by atoms with Crippen LogP contribution in [-0.2, 0) is 17.5 Å². The summed E-state index contributed by atoms with van der Waals surface area (Å²) < 4.78 is 60.3. The molecule has 12 heteroatoms. The first-order valence-corrected chi connectivity index (χ1v) is 11.6. The Morgan fingerprint density at radius 3 is 2.76 bits per heavy atom. The molecule has 5 rings (SSSR count). The second-order valence-corrected chi connectivity index (χ2v) is 8.68. The van der Waals surface area contributed by atoms with Crippen molar-refractivity contribution in [2.75, 3.05) is 25.0 Å². The van der Waals surface area contributed by atoms with E-state index in [-0.39, 0.29) is 17.4 Å².